The Labute approximate surface area is 123 Å². The molecule has 0 saturated carbocycles. The third-order valence-electron chi connectivity index (χ3n) is 4.29. The van der Waals surface area contributed by atoms with E-state index < -0.39 is 0 Å². The molecule has 0 amide bonds. The van der Waals surface area contributed by atoms with Gasteiger partial charge in [-0.15, -0.1) is 0 Å². The topological polar surface area (TPSA) is 0 Å². The van der Waals surface area contributed by atoms with Crippen LogP contribution in [0.15, 0.2) is 54.6 Å². The van der Waals surface area contributed by atoms with Gasteiger partial charge in [-0.05, 0) is 35.4 Å². The summed E-state index contributed by atoms with van der Waals surface area (Å²) >= 11 is 0. The average molecular weight is 266 g/mol. The van der Waals surface area contributed by atoms with Gasteiger partial charge in [-0.3, -0.25) is 0 Å². The van der Waals surface area contributed by atoms with E-state index in [-0.39, 0.29) is 0 Å². The van der Waals surface area contributed by atoms with Gasteiger partial charge in [0.25, 0.3) is 0 Å². The highest BCUT2D eigenvalue weighted by atomic mass is 14.1. The number of benzene rings is 2. The maximum Gasteiger partial charge on any atom is -0.0184 e. The van der Waals surface area contributed by atoms with Gasteiger partial charge in [0.15, 0.2) is 0 Å². The molecule has 0 heterocycles. The SMILES string of the molecule is CCC(CC)CCCc1ccc(-c2ccccc2)cc1. The van der Waals surface area contributed by atoms with Crippen molar-refractivity contribution in [3.63, 3.8) is 0 Å². The standard InChI is InChI=1S/C20H26/c1-3-17(4-2)9-8-10-18-13-15-20(16-14-18)19-11-6-5-7-12-19/h5-7,11-17H,3-4,8-10H2,1-2H3. The first kappa shape index (κ1) is 14.8. The second kappa shape index (κ2) is 7.89. The van der Waals surface area contributed by atoms with Crippen molar-refractivity contribution in [1.29, 1.82) is 0 Å². The zero-order valence-corrected chi connectivity index (χ0v) is 12.8. The van der Waals surface area contributed by atoms with Crippen LogP contribution in [0.4, 0.5) is 0 Å². The minimum Gasteiger partial charge on any atom is -0.0651 e. The summed E-state index contributed by atoms with van der Waals surface area (Å²) in [4.78, 5) is 0. The van der Waals surface area contributed by atoms with Crippen molar-refractivity contribution >= 4 is 0 Å². The molecule has 0 nitrogen and oxygen atoms in total. The normalized spacial score (nSPS) is 10.9. The van der Waals surface area contributed by atoms with Crippen LogP contribution in [-0.2, 0) is 6.42 Å². The van der Waals surface area contributed by atoms with Crippen molar-refractivity contribution in [2.45, 2.75) is 46.0 Å². The lowest BCUT2D eigenvalue weighted by Gasteiger charge is -2.11. The van der Waals surface area contributed by atoms with E-state index in [2.05, 4.69) is 68.4 Å². The van der Waals surface area contributed by atoms with Gasteiger partial charge in [-0.1, -0.05) is 87.7 Å². The lowest BCUT2D eigenvalue weighted by atomic mass is 9.94. The molecular formula is C20H26. The molecule has 0 saturated heterocycles. The van der Waals surface area contributed by atoms with Crippen LogP contribution in [0.2, 0.25) is 0 Å². The summed E-state index contributed by atoms with van der Waals surface area (Å²) < 4.78 is 0. The molecule has 0 radical (unpaired) electrons. The molecule has 0 fully saturated rings. The molecule has 0 heteroatoms. The first-order valence-electron chi connectivity index (χ1n) is 7.97. The van der Waals surface area contributed by atoms with Gasteiger partial charge in [0.05, 0.1) is 0 Å². The van der Waals surface area contributed by atoms with E-state index in [0.717, 1.165) is 5.92 Å². The Kier molecular flexibility index (Phi) is 5.86. The Balaban J connectivity index is 1.89. The predicted molar refractivity (Wildman–Crippen MR) is 88.9 cm³/mol. The zero-order chi connectivity index (χ0) is 14.2. The van der Waals surface area contributed by atoms with Gasteiger partial charge >= 0.3 is 0 Å². The van der Waals surface area contributed by atoms with Crippen LogP contribution >= 0.6 is 0 Å². The van der Waals surface area contributed by atoms with Crippen LogP contribution < -0.4 is 0 Å². The molecule has 0 bridgehead atoms. The van der Waals surface area contributed by atoms with Gasteiger partial charge in [0, 0.05) is 0 Å². The fourth-order valence-electron chi connectivity index (χ4n) is 2.79. The van der Waals surface area contributed by atoms with Crippen molar-refractivity contribution in [1.82, 2.24) is 0 Å². The van der Waals surface area contributed by atoms with E-state index in [0.29, 0.717) is 0 Å². The van der Waals surface area contributed by atoms with Crippen LogP contribution in [0.1, 0.15) is 45.1 Å². The Bertz CT molecular complexity index is 477. The van der Waals surface area contributed by atoms with Crippen molar-refractivity contribution in [2.75, 3.05) is 0 Å². The molecule has 0 atom stereocenters. The zero-order valence-electron chi connectivity index (χ0n) is 12.8. The summed E-state index contributed by atoms with van der Waals surface area (Å²) in [7, 11) is 0. The van der Waals surface area contributed by atoms with Gasteiger partial charge in [-0.25, -0.2) is 0 Å². The number of rotatable bonds is 7. The average Bonchev–Trinajstić information content (AvgIpc) is 2.53. The van der Waals surface area contributed by atoms with Crippen LogP contribution in [0.5, 0.6) is 0 Å². The molecule has 0 aromatic heterocycles. The van der Waals surface area contributed by atoms with Crippen LogP contribution in [0.3, 0.4) is 0 Å². The molecule has 0 aliphatic rings. The van der Waals surface area contributed by atoms with E-state index in [1.54, 1.807) is 0 Å². The summed E-state index contributed by atoms with van der Waals surface area (Å²) in [6, 6.07) is 19.7. The van der Waals surface area contributed by atoms with Gasteiger partial charge < -0.3 is 0 Å². The molecule has 0 spiro atoms. The maximum atomic E-state index is 2.31. The molecule has 2 aromatic carbocycles. The first-order valence-corrected chi connectivity index (χ1v) is 7.97. The van der Waals surface area contributed by atoms with Crippen LogP contribution in [-0.4, -0.2) is 0 Å². The quantitative estimate of drug-likeness (QED) is 0.567. The summed E-state index contributed by atoms with van der Waals surface area (Å²) in [6.45, 7) is 4.62. The minimum atomic E-state index is 0.915. The van der Waals surface area contributed by atoms with Crippen molar-refractivity contribution < 1.29 is 0 Å². The molecular weight excluding hydrogens is 240 g/mol. The second-order valence-corrected chi connectivity index (χ2v) is 5.64. The van der Waals surface area contributed by atoms with Crippen molar-refractivity contribution in [3.8, 4) is 11.1 Å². The van der Waals surface area contributed by atoms with Gasteiger partial charge in [0.2, 0.25) is 0 Å². The minimum absolute atomic E-state index is 0.915. The third kappa shape index (κ3) is 4.23. The van der Waals surface area contributed by atoms with Crippen LogP contribution in [0.25, 0.3) is 11.1 Å². The predicted octanol–water partition coefficient (Wildman–Crippen LogP) is 6.11. The number of aryl methyl sites for hydroxylation is 1. The molecule has 20 heavy (non-hydrogen) atoms. The monoisotopic (exact) mass is 266 g/mol. The first-order chi connectivity index (χ1) is 9.83. The second-order valence-electron chi connectivity index (χ2n) is 5.64. The summed E-state index contributed by atoms with van der Waals surface area (Å²) in [6.07, 6.45) is 6.54. The summed E-state index contributed by atoms with van der Waals surface area (Å²) in [5, 5.41) is 0. The Hall–Kier alpha value is -1.56. The Morgan fingerprint density at radius 3 is 1.95 bits per heavy atom. The Morgan fingerprint density at radius 1 is 0.750 bits per heavy atom. The fraction of sp³-hybridized carbons (Fsp3) is 0.400. The lowest BCUT2D eigenvalue weighted by Crippen LogP contribution is -1.97. The van der Waals surface area contributed by atoms with Crippen molar-refractivity contribution in [2.24, 2.45) is 5.92 Å². The maximum absolute atomic E-state index is 2.31. The highest BCUT2D eigenvalue weighted by Crippen LogP contribution is 2.21. The van der Waals surface area contributed by atoms with Crippen LogP contribution in [0, 0.1) is 5.92 Å². The molecule has 2 rings (SSSR count). The summed E-state index contributed by atoms with van der Waals surface area (Å²) in [5.41, 5.74) is 4.08. The van der Waals surface area contributed by atoms with E-state index in [4.69, 9.17) is 0 Å². The van der Waals surface area contributed by atoms with E-state index >= 15 is 0 Å². The molecule has 0 aliphatic heterocycles. The fourth-order valence-corrected chi connectivity index (χ4v) is 2.79. The highest BCUT2D eigenvalue weighted by molar-refractivity contribution is 5.63. The van der Waals surface area contributed by atoms with Gasteiger partial charge in [-0.2, -0.15) is 0 Å². The number of hydrogen-bond donors (Lipinski definition) is 0. The Morgan fingerprint density at radius 2 is 1.35 bits per heavy atom. The third-order valence-corrected chi connectivity index (χ3v) is 4.29. The molecule has 0 aliphatic carbocycles. The largest absolute Gasteiger partial charge is 0.0651 e. The van der Waals surface area contributed by atoms with E-state index in [1.165, 1.54) is 48.8 Å². The molecule has 0 N–H and O–H groups in total. The molecule has 0 unspecified atom stereocenters. The molecule has 106 valence electrons. The lowest BCUT2D eigenvalue weighted by molar-refractivity contribution is 0.441. The van der Waals surface area contributed by atoms with E-state index in [9.17, 15) is 0 Å². The highest BCUT2D eigenvalue weighted by Gasteiger charge is 2.03. The summed E-state index contributed by atoms with van der Waals surface area (Å²) in [5.74, 6) is 0.915. The van der Waals surface area contributed by atoms with E-state index in [1.807, 2.05) is 0 Å². The van der Waals surface area contributed by atoms with Crippen molar-refractivity contribution in [3.05, 3.63) is 60.2 Å². The molecule has 2 aromatic rings. The van der Waals surface area contributed by atoms with Gasteiger partial charge in [0.1, 0.15) is 0 Å². The number of hydrogen-bond acceptors (Lipinski definition) is 0. The smallest absolute Gasteiger partial charge is 0.0184 e.